The van der Waals surface area contributed by atoms with Gasteiger partial charge in [-0.25, -0.2) is 0 Å². The van der Waals surface area contributed by atoms with Crippen LogP contribution >= 0.6 is 0 Å². The Hall–Kier alpha value is -2.02. The van der Waals surface area contributed by atoms with Crippen molar-refractivity contribution in [3.63, 3.8) is 0 Å². The van der Waals surface area contributed by atoms with Crippen LogP contribution in [0.15, 0.2) is 18.2 Å². The molecule has 0 radical (unpaired) electrons. The first-order valence-electron chi connectivity index (χ1n) is 6.16. The topological polar surface area (TPSA) is 56.1 Å². The lowest BCUT2D eigenvalue weighted by molar-refractivity contribution is -0.121. The standard InChI is InChI=1S/C14H17N3O/c1-10-8-11(9-15)5-6-12(10)17-7-3-4-13(17)14(18)16-2/h5-6,8,13H,3-4,7H2,1-2H3,(H,16,18). The maximum Gasteiger partial charge on any atom is 0.242 e. The minimum atomic E-state index is -0.0818. The zero-order valence-corrected chi connectivity index (χ0v) is 10.7. The minimum Gasteiger partial charge on any atom is -0.359 e. The largest absolute Gasteiger partial charge is 0.359 e. The van der Waals surface area contributed by atoms with Gasteiger partial charge in [0.15, 0.2) is 0 Å². The number of carbonyl (C=O) groups excluding carboxylic acids is 1. The molecule has 18 heavy (non-hydrogen) atoms. The van der Waals surface area contributed by atoms with Crippen molar-refractivity contribution >= 4 is 11.6 Å². The number of likely N-dealkylation sites (N-methyl/N-ethyl adjacent to an activating group) is 1. The van der Waals surface area contributed by atoms with Gasteiger partial charge in [-0.3, -0.25) is 4.79 Å². The molecule has 0 saturated carbocycles. The fourth-order valence-electron chi connectivity index (χ4n) is 2.54. The highest BCUT2D eigenvalue weighted by Gasteiger charge is 2.30. The van der Waals surface area contributed by atoms with E-state index >= 15 is 0 Å². The summed E-state index contributed by atoms with van der Waals surface area (Å²) < 4.78 is 0. The third-order valence-corrected chi connectivity index (χ3v) is 3.44. The van der Waals surface area contributed by atoms with Gasteiger partial charge in [-0.15, -0.1) is 0 Å². The highest BCUT2D eigenvalue weighted by Crippen LogP contribution is 2.29. The Bertz CT molecular complexity index is 504. The first-order chi connectivity index (χ1) is 8.67. The summed E-state index contributed by atoms with van der Waals surface area (Å²) in [6.45, 7) is 2.88. The van der Waals surface area contributed by atoms with Gasteiger partial charge in [0.2, 0.25) is 5.91 Å². The second-order valence-corrected chi connectivity index (χ2v) is 4.58. The zero-order valence-electron chi connectivity index (χ0n) is 10.7. The number of nitriles is 1. The van der Waals surface area contributed by atoms with Gasteiger partial charge in [0, 0.05) is 19.3 Å². The molecule has 1 saturated heterocycles. The molecule has 0 bridgehead atoms. The molecular formula is C14H17N3O. The van der Waals surface area contributed by atoms with Crippen LogP contribution in [0.2, 0.25) is 0 Å². The highest BCUT2D eigenvalue weighted by atomic mass is 16.2. The summed E-state index contributed by atoms with van der Waals surface area (Å²) in [5, 5.41) is 11.6. The zero-order chi connectivity index (χ0) is 13.1. The highest BCUT2D eigenvalue weighted by molar-refractivity contribution is 5.86. The minimum absolute atomic E-state index is 0.0660. The number of amides is 1. The predicted octanol–water partition coefficient (Wildman–Crippen LogP) is 1.58. The maximum absolute atomic E-state index is 11.8. The molecule has 0 spiro atoms. The van der Waals surface area contributed by atoms with Gasteiger partial charge in [0.05, 0.1) is 11.6 Å². The van der Waals surface area contributed by atoms with Crippen molar-refractivity contribution in [2.24, 2.45) is 0 Å². The lowest BCUT2D eigenvalue weighted by Gasteiger charge is -2.27. The first kappa shape index (κ1) is 12.4. The van der Waals surface area contributed by atoms with Crippen molar-refractivity contribution in [3.05, 3.63) is 29.3 Å². The molecule has 2 rings (SSSR count). The molecule has 94 valence electrons. The number of anilines is 1. The van der Waals surface area contributed by atoms with Gasteiger partial charge in [-0.1, -0.05) is 0 Å². The van der Waals surface area contributed by atoms with Crippen molar-refractivity contribution in [3.8, 4) is 6.07 Å². The SMILES string of the molecule is CNC(=O)C1CCCN1c1ccc(C#N)cc1C. The molecule has 1 aromatic rings. The van der Waals surface area contributed by atoms with Crippen LogP contribution in [0.1, 0.15) is 24.0 Å². The van der Waals surface area contributed by atoms with E-state index in [1.807, 2.05) is 25.1 Å². The Balaban J connectivity index is 2.31. The number of rotatable bonds is 2. The summed E-state index contributed by atoms with van der Waals surface area (Å²) >= 11 is 0. The summed E-state index contributed by atoms with van der Waals surface area (Å²) in [7, 11) is 1.67. The van der Waals surface area contributed by atoms with Crippen LogP contribution in [0, 0.1) is 18.3 Å². The predicted molar refractivity (Wildman–Crippen MR) is 70.3 cm³/mol. The number of nitrogens with zero attached hydrogens (tertiary/aromatic N) is 2. The normalized spacial score (nSPS) is 18.5. The quantitative estimate of drug-likeness (QED) is 0.858. The van der Waals surface area contributed by atoms with Gasteiger partial charge in [0.1, 0.15) is 6.04 Å². The number of nitrogens with one attached hydrogen (secondary N) is 1. The molecule has 0 aromatic heterocycles. The summed E-state index contributed by atoms with van der Waals surface area (Å²) in [4.78, 5) is 14.0. The molecule has 1 aliphatic rings. The van der Waals surface area contributed by atoms with E-state index in [2.05, 4.69) is 16.3 Å². The Labute approximate surface area is 107 Å². The molecule has 1 aromatic carbocycles. The molecule has 1 N–H and O–H groups in total. The number of carbonyl (C=O) groups is 1. The summed E-state index contributed by atoms with van der Waals surface area (Å²) in [5.74, 6) is 0.0660. The molecule has 1 atom stereocenters. The molecule has 1 heterocycles. The average Bonchev–Trinajstić information content (AvgIpc) is 2.86. The van der Waals surface area contributed by atoms with Crippen LogP contribution < -0.4 is 10.2 Å². The van der Waals surface area contributed by atoms with Gasteiger partial charge < -0.3 is 10.2 Å². The van der Waals surface area contributed by atoms with E-state index in [1.54, 1.807) is 7.05 Å². The van der Waals surface area contributed by atoms with E-state index in [4.69, 9.17) is 5.26 Å². The number of hydrogen-bond acceptors (Lipinski definition) is 3. The summed E-state index contributed by atoms with van der Waals surface area (Å²) in [6, 6.07) is 7.67. The second-order valence-electron chi connectivity index (χ2n) is 4.58. The Morgan fingerprint density at radius 2 is 2.33 bits per heavy atom. The molecule has 1 amide bonds. The third kappa shape index (κ3) is 2.17. The molecule has 1 unspecified atom stereocenters. The van der Waals surface area contributed by atoms with E-state index < -0.39 is 0 Å². The fraction of sp³-hybridized carbons (Fsp3) is 0.429. The van der Waals surface area contributed by atoms with Gasteiger partial charge in [-0.05, 0) is 43.5 Å². The Morgan fingerprint density at radius 3 is 2.94 bits per heavy atom. The summed E-state index contributed by atoms with van der Waals surface area (Å²) in [5.41, 5.74) is 2.76. The van der Waals surface area contributed by atoms with Crippen LogP contribution in [0.25, 0.3) is 0 Å². The fourth-order valence-corrected chi connectivity index (χ4v) is 2.54. The summed E-state index contributed by atoms with van der Waals surface area (Å²) in [6.07, 6.45) is 1.91. The smallest absolute Gasteiger partial charge is 0.242 e. The Kier molecular flexibility index (Phi) is 3.52. The maximum atomic E-state index is 11.8. The second kappa shape index (κ2) is 5.09. The molecular weight excluding hydrogens is 226 g/mol. The average molecular weight is 243 g/mol. The van der Waals surface area contributed by atoms with Crippen molar-refractivity contribution in [1.82, 2.24) is 5.32 Å². The van der Waals surface area contributed by atoms with Gasteiger partial charge in [-0.2, -0.15) is 5.26 Å². The van der Waals surface area contributed by atoms with Gasteiger partial charge >= 0.3 is 0 Å². The molecule has 4 heteroatoms. The van der Waals surface area contributed by atoms with Crippen molar-refractivity contribution in [1.29, 1.82) is 5.26 Å². The van der Waals surface area contributed by atoms with Crippen LogP contribution in [-0.4, -0.2) is 25.5 Å². The van der Waals surface area contributed by atoms with E-state index in [-0.39, 0.29) is 11.9 Å². The molecule has 0 aliphatic carbocycles. The van der Waals surface area contributed by atoms with Crippen molar-refractivity contribution in [2.75, 3.05) is 18.5 Å². The lowest BCUT2D eigenvalue weighted by atomic mass is 10.1. The van der Waals surface area contributed by atoms with E-state index in [9.17, 15) is 4.79 Å². The number of benzene rings is 1. The lowest BCUT2D eigenvalue weighted by Crippen LogP contribution is -2.42. The van der Waals surface area contributed by atoms with E-state index in [0.717, 1.165) is 30.6 Å². The van der Waals surface area contributed by atoms with E-state index in [0.29, 0.717) is 5.56 Å². The Morgan fingerprint density at radius 1 is 1.56 bits per heavy atom. The van der Waals surface area contributed by atoms with Crippen LogP contribution in [0.5, 0.6) is 0 Å². The molecule has 4 nitrogen and oxygen atoms in total. The van der Waals surface area contributed by atoms with Crippen molar-refractivity contribution in [2.45, 2.75) is 25.8 Å². The van der Waals surface area contributed by atoms with E-state index in [1.165, 1.54) is 0 Å². The molecule has 1 fully saturated rings. The number of aryl methyl sites for hydroxylation is 1. The van der Waals surface area contributed by atoms with Crippen LogP contribution in [-0.2, 0) is 4.79 Å². The third-order valence-electron chi connectivity index (χ3n) is 3.44. The first-order valence-corrected chi connectivity index (χ1v) is 6.16. The number of hydrogen-bond donors (Lipinski definition) is 1. The molecule has 1 aliphatic heterocycles. The van der Waals surface area contributed by atoms with Crippen molar-refractivity contribution < 1.29 is 4.79 Å². The van der Waals surface area contributed by atoms with Crippen LogP contribution in [0.4, 0.5) is 5.69 Å². The van der Waals surface area contributed by atoms with Crippen LogP contribution in [0.3, 0.4) is 0 Å². The van der Waals surface area contributed by atoms with Gasteiger partial charge in [0.25, 0.3) is 0 Å². The monoisotopic (exact) mass is 243 g/mol.